The minimum Gasteiger partial charge on any atom is -0.450 e. The maximum atomic E-state index is 13.1. The molecule has 120 valence electrons. The quantitative estimate of drug-likeness (QED) is 0.848. The Bertz CT molecular complexity index is 633. The van der Waals surface area contributed by atoms with Crippen LogP contribution in [-0.2, 0) is 17.3 Å². The van der Waals surface area contributed by atoms with Gasteiger partial charge >= 0.3 is 12.3 Å². The second kappa shape index (κ2) is 6.02. The molecule has 2 rings (SSSR count). The number of hydrogen-bond donors (Lipinski definition) is 1. The average Bonchev–Trinajstić information content (AvgIpc) is 3.14. The summed E-state index contributed by atoms with van der Waals surface area (Å²) in [6.07, 6.45) is -4.02. The molecule has 0 saturated carbocycles. The number of halogens is 3. The molecular weight excluding hydrogens is 295 g/mol. The van der Waals surface area contributed by atoms with Crippen LogP contribution in [0.25, 0.3) is 5.57 Å². The van der Waals surface area contributed by atoms with Gasteiger partial charge in [-0.1, -0.05) is 12.5 Å². The summed E-state index contributed by atoms with van der Waals surface area (Å²) in [7, 11) is 0. The van der Waals surface area contributed by atoms with E-state index in [2.05, 4.69) is 5.32 Å². The first kappa shape index (κ1) is 16.4. The summed E-state index contributed by atoms with van der Waals surface area (Å²) < 4.78 is 44.0. The zero-order valence-corrected chi connectivity index (χ0v) is 12.7. The number of nitrogens with one attached hydrogen (secondary N) is 1. The molecule has 1 aromatic carbocycles. The van der Waals surface area contributed by atoms with Crippen LogP contribution in [0.1, 0.15) is 43.9 Å². The number of benzene rings is 1. The van der Waals surface area contributed by atoms with Gasteiger partial charge in [-0.05, 0) is 50.0 Å². The Morgan fingerprint density at radius 3 is 2.41 bits per heavy atom. The van der Waals surface area contributed by atoms with Gasteiger partial charge in [-0.2, -0.15) is 13.2 Å². The topological polar surface area (TPSA) is 38.3 Å². The number of hydrogen-bond acceptors (Lipinski definition) is 2. The molecule has 0 heterocycles. The molecule has 0 fully saturated rings. The molecule has 0 radical (unpaired) electrons. The molecular formula is C16H18F3NO2. The smallest absolute Gasteiger partial charge is 0.416 e. The Morgan fingerprint density at radius 2 is 1.95 bits per heavy atom. The molecule has 1 N–H and O–H groups in total. The second-order valence-corrected chi connectivity index (χ2v) is 5.19. The minimum absolute atomic E-state index is 0.199. The number of anilines is 1. The van der Waals surface area contributed by atoms with E-state index < -0.39 is 17.8 Å². The van der Waals surface area contributed by atoms with Gasteiger partial charge in [-0.15, -0.1) is 0 Å². The van der Waals surface area contributed by atoms with Gasteiger partial charge in [0.2, 0.25) is 0 Å². The predicted octanol–water partition coefficient (Wildman–Crippen LogP) is 5.01. The largest absolute Gasteiger partial charge is 0.450 e. The van der Waals surface area contributed by atoms with Crippen molar-refractivity contribution in [1.29, 1.82) is 0 Å². The van der Waals surface area contributed by atoms with Gasteiger partial charge in [-0.3, -0.25) is 5.32 Å². The van der Waals surface area contributed by atoms with Crippen LogP contribution < -0.4 is 5.32 Å². The third-order valence-corrected chi connectivity index (χ3v) is 3.59. The van der Waals surface area contributed by atoms with Crippen molar-refractivity contribution in [1.82, 2.24) is 0 Å². The van der Waals surface area contributed by atoms with Crippen molar-refractivity contribution in [2.45, 2.75) is 39.8 Å². The maximum absolute atomic E-state index is 13.1. The van der Waals surface area contributed by atoms with Gasteiger partial charge in [0.25, 0.3) is 0 Å². The maximum Gasteiger partial charge on any atom is 0.416 e. The number of allylic oxidation sites excluding steroid dienone is 2. The molecule has 0 unspecified atom stereocenters. The highest BCUT2D eigenvalue weighted by Crippen LogP contribution is 2.46. The predicted molar refractivity (Wildman–Crippen MR) is 78.7 cm³/mol. The van der Waals surface area contributed by atoms with E-state index in [1.165, 1.54) is 0 Å². The van der Waals surface area contributed by atoms with Gasteiger partial charge in [0, 0.05) is 5.56 Å². The van der Waals surface area contributed by atoms with Crippen molar-refractivity contribution in [2.75, 3.05) is 11.9 Å². The number of amides is 1. The third-order valence-electron chi connectivity index (χ3n) is 3.59. The van der Waals surface area contributed by atoms with E-state index in [0.717, 1.165) is 23.3 Å². The van der Waals surface area contributed by atoms with Crippen LogP contribution in [0.3, 0.4) is 0 Å². The zero-order valence-electron chi connectivity index (χ0n) is 12.7. The van der Waals surface area contributed by atoms with Crippen LogP contribution in [0.2, 0.25) is 0 Å². The summed E-state index contributed by atoms with van der Waals surface area (Å²) in [6.45, 7) is 5.49. The van der Waals surface area contributed by atoms with Crippen LogP contribution in [0.5, 0.6) is 0 Å². The Kier molecular flexibility index (Phi) is 4.49. The Hall–Kier alpha value is -1.98. The molecule has 0 saturated heterocycles. The molecule has 6 heteroatoms. The molecule has 0 aliphatic heterocycles. The van der Waals surface area contributed by atoms with E-state index in [0.29, 0.717) is 29.7 Å². The molecule has 1 amide bonds. The molecule has 1 aromatic rings. The first-order valence-electron chi connectivity index (χ1n) is 7.14. The molecule has 1 aliphatic rings. The fourth-order valence-corrected chi connectivity index (χ4v) is 2.35. The van der Waals surface area contributed by atoms with Crippen molar-refractivity contribution in [2.24, 2.45) is 0 Å². The monoisotopic (exact) mass is 313 g/mol. The number of alkyl halides is 3. The SMILES string of the molecule is CCOC(=O)Nc1c(CC)cc(C(F)(F)F)cc1C1=C(C)C1. The normalized spacial score (nSPS) is 14.1. The van der Waals surface area contributed by atoms with Crippen LogP contribution in [-0.4, -0.2) is 12.7 Å². The number of rotatable bonds is 4. The lowest BCUT2D eigenvalue weighted by Crippen LogP contribution is -2.17. The van der Waals surface area contributed by atoms with Gasteiger partial charge < -0.3 is 4.74 Å². The number of carbonyl (C=O) groups excluding carboxylic acids is 1. The highest BCUT2D eigenvalue weighted by molar-refractivity contribution is 5.95. The van der Waals surface area contributed by atoms with Crippen molar-refractivity contribution in [3.63, 3.8) is 0 Å². The van der Waals surface area contributed by atoms with E-state index >= 15 is 0 Å². The second-order valence-electron chi connectivity index (χ2n) is 5.19. The lowest BCUT2D eigenvalue weighted by Gasteiger charge is -2.17. The van der Waals surface area contributed by atoms with E-state index in [9.17, 15) is 18.0 Å². The first-order chi connectivity index (χ1) is 10.3. The summed E-state index contributed by atoms with van der Waals surface area (Å²) in [5, 5.41) is 2.59. The number of carbonyl (C=O) groups is 1. The van der Waals surface area contributed by atoms with Gasteiger partial charge in [0.15, 0.2) is 0 Å². The standard InChI is InChI=1S/C16H18F3NO2/c1-4-10-7-11(16(17,18)19)8-13(12-6-9(12)3)14(10)20-15(21)22-5-2/h7-8H,4-6H2,1-3H3,(H,20,21). The van der Waals surface area contributed by atoms with Crippen molar-refractivity contribution in [3.05, 3.63) is 34.4 Å². The lowest BCUT2D eigenvalue weighted by molar-refractivity contribution is -0.137. The van der Waals surface area contributed by atoms with Crippen molar-refractivity contribution >= 4 is 17.4 Å². The molecule has 1 aliphatic carbocycles. The van der Waals surface area contributed by atoms with Crippen molar-refractivity contribution < 1.29 is 22.7 Å². The Balaban J connectivity index is 2.52. The summed E-state index contributed by atoms with van der Waals surface area (Å²) in [5.41, 5.74) is 2.50. The minimum atomic E-state index is -4.41. The van der Waals surface area contributed by atoms with Crippen LogP contribution in [0.15, 0.2) is 17.7 Å². The van der Waals surface area contributed by atoms with E-state index in [1.54, 1.807) is 13.8 Å². The Labute approximate surface area is 127 Å². The summed E-state index contributed by atoms with van der Waals surface area (Å²) in [4.78, 5) is 11.7. The fourth-order valence-electron chi connectivity index (χ4n) is 2.35. The highest BCUT2D eigenvalue weighted by Gasteiger charge is 2.34. The van der Waals surface area contributed by atoms with Crippen molar-refractivity contribution in [3.8, 4) is 0 Å². The van der Waals surface area contributed by atoms with Gasteiger partial charge in [-0.25, -0.2) is 4.79 Å². The Morgan fingerprint density at radius 1 is 1.32 bits per heavy atom. The van der Waals surface area contributed by atoms with Crippen LogP contribution >= 0.6 is 0 Å². The molecule has 0 atom stereocenters. The number of aryl methyl sites for hydroxylation is 1. The van der Waals surface area contributed by atoms with Gasteiger partial charge in [0.1, 0.15) is 0 Å². The van der Waals surface area contributed by atoms with Crippen LogP contribution in [0, 0.1) is 0 Å². The molecule has 0 spiro atoms. The van der Waals surface area contributed by atoms with E-state index in [4.69, 9.17) is 4.74 Å². The fraction of sp³-hybridized carbons (Fsp3) is 0.438. The summed E-state index contributed by atoms with van der Waals surface area (Å²) in [6, 6.07) is 2.19. The molecule has 0 bridgehead atoms. The molecule has 0 aromatic heterocycles. The van der Waals surface area contributed by atoms with E-state index in [1.807, 2.05) is 6.92 Å². The molecule has 22 heavy (non-hydrogen) atoms. The third kappa shape index (κ3) is 3.43. The summed E-state index contributed by atoms with van der Waals surface area (Å²) in [5.74, 6) is 0. The first-order valence-corrected chi connectivity index (χ1v) is 7.14. The summed E-state index contributed by atoms with van der Waals surface area (Å²) >= 11 is 0. The zero-order chi connectivity index (χ0) is 16.5. The number of ether oxygens (including phenoxy) is 1. The average molecular weight is 313 g/mol. The highest BCUT2D eigenvalue weighted by atomic mass is 19.4. The van der Waals surface area contributed by atoms with E-state index in [-0.39, 0.29) is 6.61 Å². The van der Waals surface area contributed by atoms with Gasteiger partial charge in [0.05, 0.1) is 17.9 Å². The lowest BCUT2D eigenvalue weighted by atomic mass is 9.98. The van der Waals surface area contributed by atoms with Crippen LogP contribution in [0.4, 0.5) is 23.7 Å². The molecule has 3 nitrogen and oxygen atoms in total.